The molecular weight excluding hydrogens is 340 g/mol. The Morgan fingerprint density at radius 2 is 1.52 bits per heavy atom. The van der Waals surface area contributed by atoms with Gasteiger partial charge in [-0.25, -0.2) is 4.79 Å². The number of Topliss-reactive ketones (excluding diaryl/α,β-unsaturated/α-hetero) is 1. The van der Waals surface area contributed by atoms with E-state index in [1.165, 1.54) is 0 Å². The Labute approximate surface area is 159 Å². The number of carbonyl (C=O) groups is 3. The average Bonchev–Trinajstić information content (AvgIpc) is 2.87. The minimum Gasteiger partial charge on any atom is -0.319 e. The molecule has 0 saturated carbocycles. The van der Waals surface area contributed by atoms with E-state index in [1.807, 2.05) is 60.7 Å². The van der Waals surface area contributed by atoms with Crippen LogP contribution in [0.2, 0.25) is 0 Å². The first kappa shape index (κ1) is 18.8. The van der Waals surface area contributed by atoms with Gasteiger partial charge >= 0.3 is 6.03 Å². The molecule has 1 fully saturated rings. The second kappa shape index (κ2) is 6.99. The van der Waals surface area contributed by atoms with E-state index in [4.69, 9.17) is 0 Å². The van der Waals surface area contributed by atoms with Gasteiger partial charge in [0.1, 0.15) is 0 Å². The van der Waals surface area contributed by atoms with Gasteiger partial charge in [-0.2, -0.15) is 0 Å². The van der Waals surface area contributed by atoms with Crippen molar-refractivity contribution in [3.8, 4) is 0 Å². The van der Waals surface area contributed by atoms with Crippen LogP contribution in [-0.4, -0.2) is 29.2 Å². The van der Waals surface area contributed by atoms with Crippen LogP contribution in [0.15, 0.2) is 60.7 Å². The van der Waals surface area contributed by atoms with Gasteiger partial charge in [0.15, 0.2) is 11.3 Å². The van der Waals surface area contributed by atoms with E-state index < -0.39 is 17.0 Å². The molecule has 140 valence electrons. The molecule has 27 heavy (non-hydrogen) atoms. The van der Waals surface area contributed by atoms with Crippen LogP contribution >= 0.6 is 0 Å². The number of urea groups is 1. The van der Waals surface area contributed by atoms with Crippen LogP contribution < -0.4 is 5.32 Å². The van der Waals surface area contributed by atoms with Crippen LogP contribution in [0.4, 0.5) is 4.79 Å². The van der Waals surface area contributed by atoms with E-state index in [1.54, 1.807) is 20.8 Å². The van der Waals surface area contributed by atoms with Crippen LogP contribution in [0.5, 0.6) is 0 Å². The maximum absolute atomic E-state index is 13.4. The van der Waals surface area contributed by atoms with Gasteiger partial charge in [-0.15, -0.1) is 0 Å². The molecule has 5 heteroatoms. The second-order valence-corrected chi connectivity index (χ2v) is 7.93. The van der Waals surface area contributed by atoms with Crippen molar-refractivity contribution >= 4 is 17.7 Å². The van der Waals surface area contributed by atoms with E-state index in [9.17, 15) is 14.4 Å². The summed E-state index contributed by atoms with van der Waals surface area (Å²) in [7, 11) is 0. The van der Waals surface area contributed by atoms with Gasteiger partial charge in [-0.3, -0.25) is 14.5 Å². The largest absolute Gasteiger partial charge is 0.325 e. The lowest BCUT2D eigenvalue weighted by Gasteiger charge is -2.28. The molecule has 0 radical (unpaired) electrons. The molecule has 1 heterocycles. The van der Waals surface area contributed by atoms with Crippen LogP contribution in [0.1, 0.15) is 31.9 Å². The Morgan fingerprint density at radius 3 is 2.07 bits per heavy atom. The summed E-state index contributed by atoms with van der Waals surface area (Å²) in [5, 5.41) is 2.87. The molecular formula is C22H24N2O3. The summed E-state index contributed by atoms with van der Waals surface area (Å²) in [4.78, 5) is 39.6. The van der Waals surface area contributed by atoms with Gasteiger partial charge in [0.2, 0.25) is 0 Å². The number of ketones is 1. The molecule has 1 saturated heterocycles. The van der Waals surface area contributed by atoms with E-state index in [2.05, 4.69) is 5.32 Å². The van der Waals surface area contributed by atoms with Crippen molar-refractivity contribution in [1.82, 2.24) is 10.2 Å². The lowest BCUT2D eigenvalue weighted by Crippen LogP contribution is -2.46. The Hall–Kier alpha value is -2.95. The third kappa shape index (κ3) is 3.63. The predicted molar refractivity (Wildman–Crippen MR) is 103 cm³/mol. The molecule has 0 aliphatic carbocycles. The summed E-state index contributed by atoms with van der Waals surface area (Å²) >= 11 is 0. The normalized spacial score (nSPS) is 19.9. The molecule has 2 aromatic rings. The van der Waals surface area contributed by atoms with Gasteiger partial charge in [-0.05, 0) is 11.1 Å². The fourth-order valence-electron chi connectivity index (χ4n) is 3.19. The van der Waals surface area contributed by atoms with Gasteiger partial charge in [0.25, 0.3) is 5.91 Å². The van der Waals surface area contributed by atoms with Crippen molar-refractivity contribution in [3.05, 3.63) is 71.8 Å². The van der Waals surface area contributed by atoms with Crippen LogP contribution in [0.3, 0.4) is 0 Å². The first-order valence-corrected chi connectivity index (χ1v) is 9.01. The summed E-state index contributed by atoms with van der Waals surface area (Å²) < 4.78 is 0. The maximum atomic E-state index is 13.4. The van der Waals surface area contributed by atoms with Crippen molar-refractivity contribution in [1.29, 1.82) is 0 Å². The zero-order valence-corrected chi connectivity index (χ0v) is 15.9. The topological polar surface area (TPSA) is 66.5 Å². The van der Waals surface area contributed by atoms with Crippen molar-refractivity contribution in [2.45, 2.75) is 32.7 Å². The maximum Gasteiger partial charge on any atom is 0.325 e. The summed E-state index contributed by atoms with van der Waals surface area (Å²) in [5.74, 6) is -0.547. The zero-order valence-electron chi connectivity index (χ0n) is 15.9. The van der Waals surface area contributed by atoms with Crippen molar-refractivity contribution in [2.24, 2.45) is 5.41 Å². The SMILES string of the molecule is CC(C)(C)C(=O)CN1C(=O)N[C@](Cc2ccccc2)(c2ccccc2)C1=O. The number of nitrogens with one attached hydrogen (secondary N) is 1. The molecule has 2 aromatic carbocycles. The quantitative estimate of drug-likeness (QED) is 0.828. The Morgan fingerprint density at radius 1 is 0.963 bits per heavy atom. The van der Waals surface area contributed by atoms with Crippen molar-refractivity contribution in [3.63, 3.8) is 0 Å². The van der Waals surface area contributed by atoms with Crippen LogP contribution in [0.25, 0.3) is 0 Å². The Kier molecular flexibility index (Phi) is 4.87. The lowest BCUT2D eigenvalue weighted by atomic mass is 9.83. The summed E-state index contributed by atoms with van der Waals surface area (Å²) in [6.07, 6.45) is 0.322. The fraction of sp³-hybridized carbons (Fsp3) is 0.318. The highest BCUT2D eigenvalue weighted by Gasteiger charge is 2.53. The molecule has 0 bridgehead atoms. The van der Waals surface area contributed by atoms with Crippen LogP contribution in [0, 0.1) is 5.41 Å². The number of nitrogens with zero attached hydrogens (tertiary/aromatic N) is 1. The molecule has 3 rings (SSSR count). The highest BCUT2D eigenvalue weighted by atomic mass is 16.2. The van der Waals surface area contributed by atoms with Gasteiger partial charge < -0.3 is 5.32 Å². The summed E-state index contributed by atoms with van der Waals surface area (Å²) in [6, 6.07) is 18.2. The zero-order chi connectivity index (χ0) is 19.7. The van der Waals surface area contributed by atoms with E-state index in [-0.39, 0.29) is 18.2 Å². The number of hydrogen-bond acceptors (Lipinski definition) is 3. The van der Waals surface area contributed by atoms with Gasteiger partial charge in [0.05, 0.1) is 6.54 Å². The minimum absolute atomic E-state index is 0.158. The van der Waals surface area contributed by atoms with E-state index in [0.717, 1.165) is 10.5 Å². The molecule has 0 spiro atoms. The van der Waals surface area contributed by atoms with Crippen molar-refractivity contribution in [2.75, 3.05) is 6.54 Å². The predicted octanol–water partition coefficient (Wildman–Crippen LogP) is 3.29. The summed E-state index contributed by atoms with van der Waals surface area (Å²) in [5.41, 5.74) is -0.201. The molecule has 1 aliphatic rings. The van der Waals surface area contributed by atoms with Crippen LogP contribution in [-0.2, 0) is 21.5 Å². The monoisotopic (exact) mass is 364 g/mol. The molecule has 1 N–H and O–H groups in total. The van der Waals surface area contributed by atoms with E-state index >= 15 is 0 Å². The third-order valence-electron chi connectivity index (χ3n) is 4.89. The molecule has 3 amide bonds. The highest BCUT2D eigenvalue weighted by molar-refractivity contribution is 6.10. The van der Waals surface area contributed by atoms with Gasteiger partial charge in [-0.1, -0.05) is 81.4 Å². The first-order chi connectivity index (χ1) is 12.7. The number of hydrogen-bond donors (Lipinski definition) is 1. The standard InChI is InChI=1S/C22H24N2O3/c1-21(2,3)18(25)15-24-19(26)22(23-20(24)27,17-12-8-5-9-13-17)14-16-10-6-4-7-11-16/h4-13H,14-15H2,1-3H3,(H,23,27)/t22-/m1/s1. The molecule has 1 aliphatic heterocycles. The Bertz CT molecular complexity index is 856. The highest BCUT2D eigenvalue weighted by Crippen LogP contribution is 2.33. The second-order valence-electron chi connectivity index (χ2n) is 7.93. The third-order valence-corrected chi connectivity index (χ3v) is 4.89. The summed E-state index contributed by atoms with van der Waals surface area (Å²) in [6.45, 7) is 5.12. The number of rotatable bonds is 5. The number of carbonyl (C=O) groups excluding carboxylic acids is 3. The average molecular weight is 364 g/mol. The fourth-order valence-corrected chi connectivity index (χ4v) is 3.19. The number of benzene rings is 2. The Balaban J connectivity index is 2.00. The molecule has 1 atom stereocenters. The van der Waals surface area contributed by atoms with E-state index in [0.29, 0.717) is 12.0 Å². The van der Waals surface area contributed by atoms with Gasteiger partial charge in [0, 0.05) is 11.8 Å². The number of imide groups is 1. The smallest absolute Gasteiger partial charge is 0.319 e. The molecule has 5 nitrogen and oxygen atoms in total. The lowest BCUT2D eigenvalue weighted by molar-refractivity contribution is -0.136. The molecule has 0 unspecified atom stereocenters. The van der Waals surface area contributed by atoms with Crippen molar-refractivity contribution < 1.29 is 14.4 Å². The molecule has 0 aromatic heterocycles. The first-order valence-electron chi connectivity index (χ1n) is 9.01. The minimum atomic E-state index is -1.21. The number of amides is 3.